The molecule has 1 aliphatic carbocycles. The second kappa shape index (κ2) is 7.40. The lowest BCUT2D eigenvalue weighted by molar-refractivity contribution is 0.0623. The van der Waals surface area contributed by atoms with Crippen LogP contribution in [0.5, 0.6) is 0 Å². The minimum Gasteiger partial charge on any atom is -0.324 e. The standard InChI is InChI=1S/C20H31BN2/c1-16-11-17(7-10-21)5-6-19(16)12-18-13-23(14-18)15-20(22)8-3-2-4-9-20/h5-6,11,18H,2-4,7-10,12-15,22H2,1H3. The molecule has 0 spiro atoms. The van der Waals surface area contributed by atoms with Gasteiger partial charge >= 0.3 is 0 Å². The summed E-state index contributed by atoms with van der Waals surface area (Å²) in [4.78, 5) is 2.58. The molecule has 23 heavy (non-hydrogen) atoms. The van der Waals surface area contributed by atoms with Crippen LogP contribution in [0.1, 0.15) is 48.8 Å². The third kappa shape index (κ3) is 4.39. The van der Waals surface area contributed by atoms with Crippen molar-refractivity contribution < 1.29 is 0 Å². The van der Waals surface area contributed by atoms with Crippen molar-refractivity contribution in [2.45, 2.75) is 63.7 Å². The molecule has 2 radical (unpaired) electrons. The Hall–Kier alpha value is -0.795. The van der Waals surface area contributed by atoms with Crippen molar-refractivity contribution in [1.82, 2.24) is 4.90 Å². The van der Waals surface area contributed by atoms with E-state index in [9.17, 15) is 0 Å². The quantitative estimate of drug-likeness (QED) is 0.817. The zero-order valence-corrected chi connectivity index (χ0v) is 14.7. The van der Waals surface area contributed by atoms with E-state index in [4.69, 9.17) is 13.6 Å². The number of benzene rings is 1. The van der Waals surface area contributed by atoms with Gasteiger partial charge in [0.25, 0.3) is 0 Å². The number of rotatable bonds is 6. The largest absolute Gasteiger partial charge is 0.324 e. The maximum absolute atomic E-state index is 6.58. The minimum absolute atomic E-state index is 0.100. The molecule has 0 unspecified atom stereocenters. The van der Waals surface area contributed by atoms with Crippen LogP contribution in [-0.4, -0.2) is 37.9 Å². The van der Waals surface area contributed by atoms with Crippen LogP contribution in [0.3, 0.4) is 0 Å². The topological polar surface area (TPSA) is 29.3 Å². The number of likely N-dealkylation sites (tertiary alicyclic amines) is 1. The molecule has 1 aromatic rings. The second-order valence-electron chi connectivity index (χ2n) is 7.99. The molecule has 0 aromatic heterocycles. The van der Waals surface area contributed by atoms with Crippen LogP contribution in [0.15, 0.2) is 18.2 Å². The van der Waals surface area contributed by atoms with Crippen molar-refractivity contribution >= 4 is 7.85 Å². The summed E-state index contributed by atoms with van der Waals surface area (Å²) in [6.45, 7) is 5.80. The summed E-state index contributed by atoms with van der Waals surface area (Å²) >= 11 is 0. The fourth-order valence-electron chi connectivity index (χ4n) is 4.41. The second-order valence-corrected chi connectivity index (χ2v) is 7.99. The summed E-state index contributed by atoms with van der Waals surface area (Å²) < 4.78 is 0. The molecule has 0 bridgehead atoms. The summed E-state index contributed by atoms with van der Waals surface area (Å²) in [6, 6.07) is 6.88. The van der Waals surface area contributed by atoms with Gasteiger partial charge in [-0.1, -0.05) is 43.8 Å². The Balaban J connectivity index is 1.46. The molecule has 1 aromatic carbocycles. The Bertz CT molecular complexity index is 516. The lowest BCUT2D eigenvalue weighted by Gasteiger charge is -2.46. The Kier molecular flexibility index (Phi) is 5.48. The van der Waals surface area contributed by atoms with Gasteiger partial charge in [-0.15, -0.1) is 0 Å². The van der Waals surface area contributed by atoms with E-state index in [1.807, 2.05) is 0 Å². The molecular formula is C20H31BN2. The summed E-state index contributed by atoms with van der Waals surface area (Å²) in [5, 5.41) is 0. The highest BCUT2D eigenvalue weighted by Gasteiger charge is 2.35. The summed E-state index contributed by atoms with van der Waals surface area (Å²) in [6.07, 6.45) is 9.38. The first-order valence-electron chi connectivity index (χ1n) is 9.38. The maximum atomic E-state index is 6.58. The smallest absolute Gasteiger partial charge is 0.0657 e. The lowest BCUT2D eigenvalue weighted by atomic mass is 9.80. The zero-order valence-electron chi connectivity index (χ0n) is 14.7. The molecule has 1 heterocycles. The van der Waals surface area contributed by atoms with E-state index in [-0.39, 0.29) is 5.54 Å². The number of hydrogen-bond donors (Lipinski definition) is 1. The van der Waals surface area contributed by atoms with Crippen LogP contribution in [0.25, 0.3) is 0 Å². The van der Waals surface area contributed by atoms with Gasteiger partial charge in [-0.2, -0.15) is 0 Å². The van der Waals surface area contributed by atoms with Gasteiger partial charge in [0.1, 0.15) is 0 Å². The molecular weight excluding hydrogens is 279 g/mol. The van der Waals surface area contributed by atoms with Crippen LogP contribution in [-0.2, 0) is 12.8 Å². The molecule has 3 heteroatoms. The molecule has 1 saturated heterocycles. The van der Waals surface area contributed by atoms with E-state index in [2.05, 4.69) is 30.0 Å². The first-order chi connectivity index (χ1) is 11.1. The molecule has 1 aliphatic heterocycles. The number of nitrogens with two attached hydrogens (primary N) is 1. The van der Waals surface area contributed by atoms with E-state index >= 15 is 0 Å². The fraction of sp³-hybridized carbons (Fsp3) is 0.700. The van der Waals surface area contributed by atoms with Gasteiger partial charge in [-0.25, -0.2) is 0 Å². The SMILES string of the molecule is [B]CCc1ccc(CC2CN(CC3(N)CCCCC3)C2)c(C)c1. The van der Waals surface area contributed by atoms with Gasteiger partial charge in [-0.05, 0) is 55.2 Å². The van der Waals surface area contributed by atoms with Gasteiger partial charge in [0.05, 0.1) is 7.85 Å². The predicted molar refractivity (Wildman–Crippen MR) is 99.1 cm³/mol. The van der Waals surface area contributed by atoms with Gasteiger partial charge in [0, 0.05) is 25.2 Å². The van der Waals surface area contributed by atoms with Crippen molar-refractivity contribution in [3.63, 3.8) is 0 Å². The molecule has 124 valence electrons. The number of aryl methyl sites for hydroxylation is 2. The average Bonchev–Trinajstić information content (AvgIpc) is 2.48. The molecule has 2 aliphatic rings. The lowest BCUT2D eigenvalue weighted by Crippen LogP contribution is -2.58. The monoisotopic (exact) mass is 310 g/mol. The van der Waals surface area contributed by atoms with Gasteiger partial charge in [0.2, 0.25) is 0 Å². The summed E-state index contributed by atoms with van der Waals surface area (Å²) in [7, 11) is 5.65. The Morgan fingerprint density at radius 1 is 1.22 bits per heavy atom. The van der Waals surface area contributed by atoms with E-state index in [0.717, 1.165) is 25.2 Å². The predicted octanol–water partition coefficient (Wildman–Crippen LogP) is 3.26. The zero-order chi connectivity index (χ0) is 16.3. The van der Waals surface area contributed by atoms with Crippen molar-refractivity contribution in [3.8, 4) is 0 Å². The van der Waals surface area contributed by atoms with Crippen molar-refractivity contribution in [2.75, 3.05) is 19.6 Å². The van der Waals surface area contributed by atoms with Crippen LogP contribution < -0.4 is 5.73 Å². The first-order valence-corrected chi connectivity index (χ1v) is 9.38. The molecule has 0 amide bonds. The van der Waals surface area contributed by atoms with E-state index < -0.39 is 0 Å². The molecule has 1 saturated carbocycles. The van der Waals surface area contributed by atoms with Gasteiger partial charge < -0.3 is 10.6 Å². The van der Waals surface area contributed by atoms with E-state index in [1.165, 1.54) is 68.3 Å². The van der Waals surface area contributed by atoms with Gasteiger partial charge in [0.15, 0.2) is 0 Å². The molecule has 2 fully saturated rings. The molecule has 0 atom stereocenters. The first kappa shape index (κ1) is 17.0. The fourth-order valence-corrected chi connectivity index (χ4v) is 4.41. The molecule has 2 nitrogen and oxygen atoms in total. The molecule has 2 N–H and O–H groups in total. The number of nitrogens with zero attached hydrogens (tertiary/aromatic N) is 1. The normalized spacial score (nSPS) is 22.0. The number of hydrogen-bond acceptors (Lipinski definition) is 2. The van der Waals surface area contributed by atoms with Gasteiger partial charge in [-0.3, -0.25) is 0 Å². The highest BCUT2D eigenvalue weighted by molar-refractivity contribution is 6.08. The van der Waals surface area contributed by atoms with Crippen molar-refractivity contribution in [2.24, 2.45) is 11.7 Å². The highest BCUT2D eigenvalue weighted by atomic mass is 15.2. The third-order valence-electron chi connectivity index (χ3n) is 5.77. The van der Waals surface area contributed by atoms with Crippen LogP contribution in [0, 0.1) is 12.8 Å². The average molecular weight is 310 g/mol. The Morgan fingerprint density at radius 2 is 1.96 bits per heavy atom. The third-order valence-corrected chi connectivity index (χ3v) is 5.77. The Labute approximate surface area is 143 Å². The highest BCUT2D eigenvalue weighted by Crippen LogP contribution is 2.30. The van der Waals surface area contributed by atoms with Crippen molar-refractivity contribution in [1.29, 1.82) is 0 Å². The van der Waals surface area contributed by atoms with Crippen molar-refractivity contribution in [3.05, 3.63) is 34.9 Å². The van der Waals surface area contributed by atoms with Crippen LogP contribution in [0.2, 0.25) is 6.32 Å². The van der Waals surface area contributed by atoms with E-state index in [0.29, 0.717) is 0 Å². The minimum atomic E-state index is 0.100. The Morgan fingerprint density at radius 3 is 2.61 bits per heavy atom. The summed E-state index contributed by atoms with van der Waals surface area (Å²) in [5.41, 5.74) is 11.0. The van der Waals surface area contributed by atoms with Crippen LogP contribution in [0.4, 0.5) is 0 Å². The van der Waals surface area contributed by atoms with Crippen LogP contribution >= 0.6 is 0 Å². The summed E-state index contributed by atoms with van der Waals surface area (Å²) in [5.74, 6) is 0.807. The van der Waals surface area contributed by atoms with E-state index in [1.54, 1.807) is 0 Å². The molecule has 3 rings (SSSR count). The maximum Gasteiger partial charge on any atom is 0.0657 e.